The van der Waals surface area contributed by atoms with Crippen LogP contribution in [0, 0.1) is 5.92 Å². The Kier molecular flexibility index (Phi) is 4.52. The number of aromatic nitrogens is 4. The Balaban J connectivity index is 2.00. The van der Waals surface area contributed by atoms with Crippen LogP contribution >= 0.6 is 0 Å². The van der Waals surface area contributed by atoms with Crippen molar-refractivity contribution in [2.75, 3.05) is 13.2 Å². The molecule has 19 heavy (non-hydrogen) atoms. The third kappa shape index (κ3) is 3.73. The van der Waals surface area contributed by atoms with Gasteiger partial charge in [0.15, 0.2) is 5.82 Å². The molecule has 2 rings (SSSR count). The van der Waals surface area contributed by atoms with Gasteiger partial charge in [0.2, 0.25) is 0 Å². The quantitative estimate of drug-likeness (QED) is 0.847. The third-order valence-corrected chi connectivity index (χ3v) is 3.56. The van der Waals surface area contributed by atoms with Gasteiger partial charge in [0.1, 0.15) is 0 Å². The molecule has 0 amide bonds. The molecule has 1 aromatic rings. The van der Waals surface area contributed by atoms with Crippen LogP contribution in [0.2, 0.25) is 0 Å². The first kappa shape index (κ1) is 14.4. The monoisotopic (exact) mass is 267 g/mol. The number of rotatable bonds is 6. The summed E-state index contributed by atoms with van der Waals surface area (Å²) in [5, 5.41) is 15.5. The van der Waals surface area contributed by atoms with Crippen molar-refractivity contribution in [3.8, 4) is 0 Å². The third-order valence-electron chi connectivity index (χ3n) is 3.56. The molecule has 2 unspecified atom stereocenters. The molecular formula is C13H25N5O. The number of nitrogens with zero attached hydrogens (tertiary/aromatic N) is 4. The number of nitrogens with one attached hydrogen (secondary N) is 1. The topological polar surface area (TPSA) is 64.9 Å². The van der Waals surface area contributed by atoms with Gasteiger partial charge >= 0.3 is 0 Å². The van der Waals surface area contributed by atoms with Crippen LogP contribution in [-0.2, 0) is 11.3 Å². The van der Waals surface area contributed by atoms with Crippen LogP contribution in [0.1, 0.15) is 52.4 Å². The van der Waals surface area contributed by atoms with E-state index in [-0.39, 0.29) is 11.6 Å². The normalized spacial score (nSPS) is 25.1. The molecule has 1 saturated heterocycles. The fourth-order valence-corrected chi connectivity index (χ4v) is 2.42. The molecule has 0 aromatic carbocycles. The first-order valence-electron chi connectivity index (χ1n) is 7.13. The predicted molar refractivity (Wildman–Crippen MR) is 72.7 cm³/mol. The predicted octanol–water partition coefficient (Wildman–Crippen LogP) is 1.55. The van der Waals surface area contributed by atoms with Crippen molar-refractivity contribution in [1.29, 1.82) is 0 Å². The van der Waals surface area contributed by atoms with Crippen molar-refractivity contribution in [3.63, 3.8) is 0 Å². The first-order chi connectivity index (χ1) is 9.00. The van der Waals surface area contributed by atoms with Gasteiger partial charge in [-0.25, -0.2) is 4.68 Å². The van der Waals surface area contributed by atoms with Crippen molar-refractivity contribution in [2.24, 2.45) is 5.92 Å². The molecule has 6 nitrogen and oxygen atoms in total. The maximum absolute atomic E-state index is 5.81. The van der Waals surface area contributed by atoms with Crippen LogP contribution in [0.4, 0.5) is 0 Å². The largest absolute Gasteiger partial charge is 0.373 e. The van der Waals surface area contributed by atoms with Gasteiger partial charge in [0.05, 0.1) is 18.2 Å². The average Bonchev–Trinajstić information content (AvgIpc) is 2.96. The second-order valence-corrected chi connectivity index (χ2v) is 6.12. The summed E-state index contributed by atoms with van der Waals surface area (Å²) in [5.41, 5.74) is -0.123. The summed E-state index contributed by atoms with van der Waals surface area (Å²) in [6.45, 7) is 11.1. The number of hydrogen-bond acceptors (Lipinski definition) is 5. The molecule has 2 atom stereocenters. The minimum atomic E-state index is -0.123. The minimum absolute atomic E-state index is 0.123. The second kappa shape index (κ2) is 5.96. The summed E-state index contributed by atoms with van der Waals surface area (Å²) in [5.74, 6) is 1.50. The molecule has 1 fully saturated rings. The van der Waals surface area contributed by atoms with E-state index in [0.717, 1.165) is 38.4 Å². The molecule has 0 radical (unpaired) electrons. The number of hydrogen-bond donors (Lipinski definition) is 1. The Bertz CT molecular complexity index is 397. The highest BCUT2D eigenvalue weighted by atomic mass is 16.5. The van der Waals surface area contributed by atoms with Gasteiger partial charge in [-0.3, -0.25) is 0 Å². The molecule has 0 aliphatic carbocycles. The molecule has 1 aliphatic heterocycles. The smallest absolute Gasteiger partial charge is 0.168 e. The van der Waals surface area contributed by atoms with Crippen molar-refractivity contribution >= 4 is 0 Å². The Morgan fingerprint density at radius 1 is 1.42 bits per heavy atom. The average molecular weight is 267 g/mol. The van der Waals surface area contributed by atoms with E-state index in [2.05, 4.69) is 48.5 Å². The van der Waals surface area contributed by atoms with E-state index in [9.17, 15) is 0 Å². The van der Waals surface area contributed by atoms with Gasteiger partial charge in [-0.2, -0.15) is 0 Å². The van der Waals surface area contributed by atoms with Gasteiger partial charge in [0.25, 0.3) is 0 Å². The highest BCUT2D eigenvalue weighted by Crippen LogP contribution is 2.27. The van der Waals surface area contributed by atoms with Gasteiger partial charge in [-0.05, 0) is 49.6 Å². The van der Waals surface area contributed by atoms with Crippen LogP contribution in [0.15, 0.2) is 0 Å². The fourth-order valence-electron chi connectivity index (χ4n) is 2.42. The van der Waals surface area contributed by atoms with E-state index in [1.165, 1.54) is 0 Å². The highest BCUT2D eigenvalue weighted by Gasteiger charge is 2.32. The van der Waals surface area contributed by atoms with Gasteiger partial charge in [-0.1, -0.05) is 13.8 Å². The van der Waals surface area contributed by atoms with E-state index < -0.39 is 0 Å². The zero-order chi connectivity index (χ0) is 13.9. The lowest BCUT2D eigenvalue weighted by Crippen LogP contribution is -2.33. The van der Waals surface area contributed by atoms with Crippen molar-refractivity contribution in [1.82, 2.24) is 25.5 Å². The van der Waals surface area contributed by atoms with E-state index in [0.29, 0.717) is 5.92 Å². The van der Waals surface area contributed by atoms with Gasteiger partial charge in [-0.15, -0.1) is 5.10 Å². The Labute approximate surface area is 114 Å². The molecular weight excluding hydrogens is 242 g/mol. The molecule has 1 N–H and O–H groups in total. The van der Waals surface area contributed by atoms with Crippen LogP contribution in [0.5, 0.6) is 0 Å². The molecule has 0 spiro atoms. The van der Waals surface area contributed by atoms with Crippen LogP contribution < -0.4 is 5.32 Å². The number of tetrazole rings is 1. The SMILES string of the molecule is CC(C)CNC(C)c1nnnn1CC1(C)CCCO1. The van der Waals surface area contributed by atoms with E-state index in [1.54, 1.807) is 0 Å². The molecule has 108 valence electrons. The lowest BCUT2D eigenvalue weighted by molar-refractivity contribution is 0.00221. The van der Waals surface area contributed by atoms with E-state index >= 15 is 0 Å². The van der Waals surface area contributed by atoms with Crippen LogP contribution in [0.25, 0.3) is 0 Å². The first-order valence-corrected chi connectivity index (χ1v) is 7.13. The summed E-state index contributed by atoms with van der Waals surface area (Å²) in [7, 11) is 0. The standard InChI is InChI=1S/C13H25N5O/c1-10(2)8-14-11(3)12-15-16-17-18(12)9-13(4)6-5-7-19-13/h10-11,14H,5-9H2,1-4H3. The maximum atomic E-state index is 5.81. The maximum Gasteiger partial charge on any atom is 0.168 e. The Morgan fingerprint density at radius 3 is 2.84 bits per heavy atom. The summed E-state index contributed by atoms with van der Waals surface area (Å²) in [4.78, 5) is 0. The van der Waals surface area contributed by atoms with Crippen LogP contribution in [-0.4, -0.2) is 39.0 Å². The molecule has 2 heterocycles. The highest BCUT2D eigenvalue weighted by molar-refractivity contribution is 4.92. The van der Waals surface area contributed by atoms with Crippen molar-refractivity contribution < 1.29 is 4.74 Å². The summed E-state index contributed by atoms with van der Waals surface area (Å²) in [6.07, 6.45) is 2.19. The fraction of sp³-hybridized carbons (Fsp3) is 0.923. The molecule has 1 aromatic heterocycles. The molecule has 0 saturated carbocycles. The number of ether oxygens (including phenoxy) is 1. The Morgan fingerprint density at radius 2 is 2.21 bits per heavy atom. The lowest BCUT2D eigenvalue weighted by Gasteiger charge is -2.24. The molecule has 6 heteroatoms. The van der Waals surface area contributed by atoms with E-state index in [4.69, 9.17) is 4.74 Å². The molecule has 1 aliphatic rings. The molecule has 0 bridgehead atoms. The zero-order valence-electron chi connectivity index (χ0n) is 12.4. The van der Waals surface area contributed by atoms with E-state index in [1.807, 2.05) is 4.68 Å². The Hall–Kier alpha value is -1.01. The van der Waals surface area contributed by atoms with Crippen LogP contribution in [0.3, 0.4) is 0 Å². The van der Waals surface area contributed by atoms with Gasteiger partial charge < -0.3 is 10.1 Å². The van der Waals surface area contributed by atoms with Gasteiger partial charge in [0, 0.05) is 6.61 Å². The zero-order valence-corrected chi connectivity index (χ0v) is 12.4. The summed E-state index contributed by atoms with van der Waals surface area (Å²) >= 11 is 0. The summed E-state index contributed by atoms with van der Waals surface area (Å²) in [6, 6.07) is 0.155. The lowest BCUT2D eigenvalue weighted by atomic mass is 10.0. The minimum Gasteiger partial charge on any atom is -0.373 e. The van der Waals surface area contributed by atoms with Crippen molar-refractivity contribution in [2.45, 2.75) is 58.7 Å². The summed E-state index contributed by atoms with van der Waals surface area (Å²) < 4.78 is 7.69. The van der Waals surface area contributed by atoms with Crippen molar-refractivity contribution in [3.05, 3.63) is 5.82 Å². The second-order valence-electron chi connectivity index (χ2n) is 6.12.